The Morgan fingerprint density at radius 2 is 1.79 bits per heavy atom. The number of nitrogens with one attached hydrogen (secondary N) is 1. The fourth-order valence-corrected chi connectivity index (χ4v) is 1.92. The topological polar surface area (TPSA) is 109 Å². The van der Waals surface area contributed by atoms with E-state index in [0.717, 1.165) is 19.6 Å². The van der Waals surface area contributed by atoms with Gasteiger partial charge in [-0.15, -0.1) is 10.2 Å². The molecule has 2 heterocycles. The third-order valence-corrected chi connectivity index (χ3v) is 2.95. The molecule has 1 fully saturated rings. The first-order valence-electron chi connectivity index (χ1n) is 6.08. The van der Waals surface area contributed by atoms with Gasteiger partial charge < -0.3 is 10.6 Å². The molecule has 1 saturated heterocycles. The molecule has 104 valence electrons. The van der Waals surface area contributed by atoms with Crippen LogP contribution in [-0.2, 0) is 9.59 Å². The second kappa shape index (κ2) is 6.25. The number of aromatic nitrogens is 3. The highest BCUT2D eigenvalue weighted by atomic mass is 16.2. The van der Waals surface area contributed by atoms with Gasteiger partial charge in [0, 0.05) is 39.3 Å². The Morgan fingerprint density at radius 3 is 2.37 bits per heavy atom. The minimum absolute atomic E-state index is 0.536. The number of hydrogen-bond donors (Lipinski definition) is 2. The summed E-state index contributed by atoms with van der Waals surface area (Å²) in [5, 5.41) is 7.06. The number of amides is 2. The number of nitrogens with two attached hydrogens (primary N) is 1. The first-order valence-corrected chi connectivity index (χ1v) is 6.08. The van der Waals surface area contributed by atoms with Gasteiger partial charge in [-0.25, -0.2) is 4.68 Å². The maximum Gasteiger partial charge on any atom is 0.328 e. The first kappa shape index (κ1) is 13.4. The predicted molar refractivity (Wildman–Crippen MR) is 66.5 cm³/mol. The molecule has 19 heavy (non-hydrogen) atoms. The smallest absolute Gasteiger partial charge is 0.328 e. The molecule has 0 bridgehead atoms. The maximum absolute atomic E-state index is 11.9. The first-order chi connectivity index (χ1) is 9.20. The average molecular weight is 267 g/mol. The molecule has 0 unspecified atom stereocenters. The van der Waals surface area contributed by atoms with Crippen LogP contribution in [0.25, 0.3) is 0 Å². The van der Waals surface area contributed by atoms with E-state index in [1.165, 1.54) is 22.2 Å². The molecule has 2 amide bonds. The summed E-state index contributed by atoms with van der Waals surface area (Å²) in [6.07, 6.45) is 2.62. The number of carbonyl (C=O) groups excluding carboxylic acids is 2. The SMILES string of the molecule is NCCN1CCN(C(=O)C(=O)Nn2cnnc2)CC1. The van der Waals surface area contributed by atoms with Crippen LogP contribution in [0.1, 0.15) is 0 Å². The lowest BCUT2D eigenvalue weighted by atomic mass is 10.3. The largest absolute Gasteiger partial charge is 0.332 e. The van der Waals surface area contributed by atoms with Gasteiger partial charge in [-0.05, 0) is 0 Å². The Morgan fingerprint density at radius 1 is 1.16 bits per heavy atom. The van der Waals surface area contributed by atoms with Gasteiger partial charge in [0.15, 0.2) is 0 Å². The van der Waals surface area contributed by atoms with E-state index in [-0.39, 0.29) is 0 Å². The van der Waals surface area contributed by atoms with Gasteiger partial charge >= 0.3 is 11.8 Å². The lowest BCUT2D eigenvalue weighted by Gasteiger charge is -2.33. The van der Waals surface area contributed by atoms with E-state index in [2.05, 4.69) is 20.5 Å². The molecule has 0 saturated carbocycles. The van der Waals surface area contributed by atoms with E-state index in [4.69, 9.17) is 5.73 Å². The fourth-order valence-electron chi connectivity index (χ4n) is 1.92. The Labute approximate surface area is 110 Å². The van der Waals surface area contributed by atoms with Crippen molar-refractivity contribution in [3.8, 4) is 0 Å². The lowest BCUT2D eigenvalue weighted by Crippen LogP contribution is -2.52. The zero-order valence-corrected chi connectivity index (χ0v) is 10.5. The van der Waals surface area contributed by atoms with Crippen molar-refractivity contribution >= 4 is 11.8 Å². The normalized spacial score (nSPS) is 16.4. The Kier molecular flexibility index (Phi) is 4.42. The van der Waals surface area contributed by atoms with Gasteiger partial charge in [-0.1, -0.05) is 0 Å². The Bertz CT molecular complexity index is 425. The van der Waals surface area contributed by atoms with Crippen LogP contribution in [-0.4, -0.2) is 75.8 Å². The summed E-state index contributed by atoms with van der Waals surface area (Å²) in [5.74, 6) is -1.23. The molecular formula is C10H17N7O2. The van der Waals surface area contributed by atoms with Gasteiger partial charge in [0.2, 0.25) is 0 Å². The Hall–Kier alpha value is -2.00. The van der Waals surface area contributed by atoms with Crippen molar-refractivity contribution in [1.82, 2.24) is 24.7 Å². The van der Waals surface area contributed by atoms with Gasteiger partial charge in [-0.2, -0.15) is 0 Å². The molecule has 0 atom stereocenters. The van der Waals surface area contributed by atoms with Gasteiger partial charge in [0.05, 0.1) is 0 Å². The zero-order chi connectivity index (χ0) is 13.7. The summed E-state index contributed by atoms with van der Waals surface area (Å²) in [6.45, 7) is 3.96. The van der Waals surface area contributed by atoms with Gasteiger partial charge in [0.1, 0.15) is 12.7 Å². The lowest BCUT2D eigenvalue weighted by molar-refractivity contribution is -0.144. The molecule has 0 spiro atoms. The molecule has 0 aliphatic carbocycles. The van der Waals surface area contributed by atoms with Crippen LogP contribution in [0.3, 0.4) is 0 Å². The second-order valence-electron chi connectivity index (χ2n) is 4.23. The summed E-state index contributed by atoms with van der Waals surface area (Å²) in [5.41, 5.74) is 7.86. The molecule has 9 heteroatoms. The zero-order valence-electron chi connectivity index (χ0n) is 10.5. The third-order valence-electron chi connectivity index (χ3n) is 2.95. The molecule has 1 aliphatic rings. The molecular weight excluding hydrogens is 250 g/mol. The molecule has 1 aromatic heterocycles. The minimum Gasteiger partial charge on any atom is -0.332 e. The summed E-state index contributed by atoms with van der Waals surface area (Å²) in [4.78, 5) is 27.3. The predicted octanol–water partition coefficient (Wildman–Crippen LogP) is -2.55. The molecule has 0 radical (unpaired) electrons. The number of rotatable bonds is 3. The summed E-state index contributed by atoms with van der Waals surface area (Å²) in [6, 6.07) is 0. The number of piperazine rings is 1. The molecule has 1 aromatic rings. The van der Waals surface area contributed by atoms with Crippen LogP contribution >= 0.6 is 0 Å². The van der Waals surface area contributed by atoms with E-state index < -0.39 is 11.8 Å². The molecule has 9 nitrogen and oxygen atoms in total. The molecule has 1 aliphatic heterocycles. The third kappa shape index (κ3) is 3.48. The van der Waals surface area contributed by atoms with Crippen LogP contribution in [0, 0.1) is 0 Å². The number of nitrogens with zero attached hydrogens (tertiary/aromatic N) is 5. The van der Waals surface area contributed by atoms with Crippen molar-refractivity contribution in [3.63, 3.8) is 0 Å². The molecule has 0 aromatic carbocycles. The highest BCUT2D eigenvalue weighted by Gasteiger charge is 2.25. The van der Waals surface area contributed by atoms with E-state index >= 15 is 0 Å². The van der Waals surface area contributed by atoms with E-state index in [9.17, 15) is 9.59 Å². The van der Waals surface area contributed by atoms with Crippen LogP contribution in [0.15, 0.2) is 12.7 Å². The van der Waals surface area contributed by atoms with Crippen molar-refractivity contribution in [3.05, 3.63) is 12.7 Å². The molecule has 2 rings (SSSR count). The maximum atomic E-state index is 11.9. The van der Waals surface area contributed by atoms with Crippen LogP contribution in [0.4, 0.5) is 0 Å². The van der Waals surface area contributed by atoms with Crippen molar-refractivity contribution in [2.75, 3.05) is 44.7 Å². The quantitative estimate of drug-likeness (QED) is 0.584. The monoisotopic (exact) mass is 267 g/mol. The number of carbonyl (C=O) groups is 2. The van der Waals surface area contributed by atoms with E-state index in [0.29, 0.717) is 19.6 Å². The summed E-state index contributed by atoms with van der Waals surface area (Å²) >= 11 is 0. The Balaban J connectivity index is 1.82. The van der Waals surface area contributed by atoms with Crippen molar-refractivity contribution in [2.24, 2.45) is 5.73 Å². The fraction of sp³-hybridized carbons (Fsp3) is 0.600. The van der Waals surface area contributed by atoms with Gasteiger partial charge in [-0.3, -0.25) is 19.9 Å². The second-order valence-corrected chi connectivity index (χ2v) is 4.23. The summed E-state index contributed by atoms with van der Waals surface area (Å²) in [7, 11) is 0. The van der Waals surface area contributed by atoms with Crippen molar-refractivity contribution < 1.29 is 9.59 Å². The van der Waals surface area contributed by atoms with Crippen molar-refractivity contribution in [1.29, 1.82) is 0 Å². The average Bonchev–Trinajstić information content (AvgIpc) is 2.92. The van der Waals surface area contributed by atoms with E-state index in [1.807, 2.05) is 0 Å². The highest BCUT2D eigenvalue weighted by Crippen LogP contribution is 2.01. The standard InChI is InChI=1S/C10H17N7O2/c11-1-2-15-3-5-16(6-4-15)10(19)9(18)14-17-7-12-13-8-17/h7-8H,1-6,11H2,(H,14,18). The molecule has 3 N–H and O–H groups in total. The van der Waals surface area contributed by atoms with Gasteiger partial charge in [0.25, 0.3) is 0 Å². The van der Waals surface area contributed by atoms with E-state index in [1.54, 1.807) is 0 Å². The van der Waals surface area contributed by atoms with Crippen LogP contribution < -0.4 is 11.2 Å². The van der Waals surface area contributed by atoms with Crippen LogP contribution in [0.5, 0.6) is 0 Å². The van der Waals surface area contributed by atoms with Crippen LogP contribution in [0.2, 0.25) is 0 Å². The summed E-state index contributed by atoms with van der Waals surface area (Å²) < 4.78 is 1.24. The van der Waals surface area contributed by atoms with Crippen molar-refractivity contribution in [2.45, 2.75) is 0 Å². The highest BCUT2D eigenvalue weighted by molar-refractivity contribution is 6.38. The number of hydrogen-bond acceptors (Lipinski definition) is 6. The minimum atomic E-state index is -0.688.